The molecule has 0 saturated carbocycles. The summed E-state index contributed by atoms with van der Waals surface area (Å²) in [6.07, 6.45) is 0.472. The minimum absolute atomic E-state index is 0.119. The van der Waals surface area contributed by atoms with Crippen molar-refractivity contribution in [2.45, 2.75) is 12.8 Å². The van der Waals surface area contributed by atoms with Crippen molar-refractivity contribution in [3.63, 3.8) is 0 Å². The van der Waals surface area contributed by atoms with Crippen molar-refractivity contribution in [2.75, 3.05) is 6.54 Å². The Morgan fingerprint density at radius 1 is 0.724 bits per heavy atom. The zero-order chi connectivity index (χ0) is 20.2. The Bertz CT molecular complexity index is 1020. The van der Waals surface area contributed by atoms with Crippen molar-refractivity contribution < 1.29 is 19.1 Å². The number of fused-ring (bicyclic) bond motifs is 1. The third-order valence-corrected chi connectivity index (χ3v) is 4.83. The molecule has 0 unspecified atom stereocenters. The lowest BCUT2D eigenvalue weighted by Gasteiger charge is -2.13. The van der Waals surface area contributed by atoms with E-state index >= 15 is 0 Å². The molecule has 3 aromatic carbocycles. The van der Waals surface area contributed by atoms with Crippen LogP contribution in [0.4, 0.5) is 0 Å². The Labute approximate surface area is 168 Å². The first-order valence-electron chi connectivity index (χ1n) is 9.45. The molecule has 3 aromatic rings. The molecule has 29 heavy (non-hydrogen) atoms. The largest absolute Gasteiger partial charge is 0.427 e. The van der Waals surface area contributed by atoms with E-state index in [-0.39, 0.29) is 24.8 Å². The fraction of sp³-hybridized carbons (Fsp3) is 0.125. The van der Waals surface area contributed by atoms with E-state index in [1.807, 2.05) is 42.5 Å². The van der Waals surface area contributed by atoms with Crippen LogP contribution in [0.2, 0.25) is 0 Å². The predicted octanol–water partition coefficient (Wildman–Crippen LogP) is 4.34. The fourth-order valence-electron chi connectivity index (χ4n) is 3.35. The third kappa shape index (κ3) is 3.94. The van der Waals surface area contributed by atoms with Gasteiger partial charge in [-0.15, -0.1) is 0 Å². The number of hydrogen-bond donors (Lipinski definition) is 0. The summed E-state index contributed by atoms with van der Waals surface area (Å²) in [6.45, 7) is 0.189. The van der Waals surface area contributed by atoms with Crippen molar-refractivity contribution in [3.05, 3.63) is 90.0 Å². The smallest absolute Gasteiger partial charge is 0.311 e. The second-order valence-corrected chi connectivity index (χ2v) is 6.78. The minimum Gasteiger partial charge on any atom is -0.427 e. The van der Waals surface area contributed by atoms with E-state index in [0.717, 1.165) is 11.1 Å². The van der Waals surface area contributed by atoms with Gasteiger partial charge in [-0.3, -0.25) is 19.3 Å². The van der Waals surface area contributed by atoms with Crippen LogP contribution in [-0.4, -0.2) is 29.2 Å². The Morgan fingerprint density at radius 2 is 1.28 bits per heavy atom. The van der Waals surface area contributed by atoms with Gasteiger partial charge in [0.25, 0.3) is 11.8 Å². The molecule has 0 aliphatic carbocycles. The molecule has 4 rings (SSSR count). The van der Waals surface area contributed by atoms with Crippen LogP contribution in [0.3, 0.4) is 0 Å². The van der Waals surface area contributed by atoms with Crippen LogP contribution >= 0.6 is 0 Å². The van der Waals surface area contributed by atoms with Crippen molar-refractivity contribution in [3.8, 4) is 16.9 Å². The first kappa shape index (κ1) is 18.6. The van der Waals surface area contributed by atoms with E-state index in [1.54, 1.807) is 36.4 Å². The van der Waals surface area contributed by atoms with E-state index in [1.165, 1.54) is 4.90 Å². The molecule has 0 spiro atoms. The van der Waals surface area contributed by atoms with Crippen molar-refractivity contribution in [2.24, 2.45) is 0 Å². The van der Waals surface area contributed by atoms with Crippen LogP contribution in [-0.2, 0) is 4.79 Å². The van der Waals surface area contributed by atoms with Gasteiger partial charge in [0.2, 0.25) is 0 Å². The molecule has 0 N–H and O–H groups in total. The Balaban J connectivity index is 1.29. The zero-order valence-corrected chi connectivity index (χ0v) is 15.7. The highest BCUT2D eigenvalue weighted by atomic mass is 16.5. The Morgan fingerprint density at radius 3 is 1.90 bits per heavy atom. The maximum Gasteiger partial charge on any atom is 0.311 e. The lowest BCUT2D eigenvalue weighted by Crippen LogP contribution is -2.31. The topological polar surface area (TPSA) is 63.7 Å². The van der Waals surface area contributed by atoms with Crippen LogP contribution < -0.4 is 4.74 Å². The van der Waals surface area contributed by atoms with Crippen molar-refractivity contribution in [1.29, 1.82) is 0 Å². The first-order valence-corrected chi connectivity index (χ1v) is 9.45. The summed E-state index contributed by atoms with van der Waals surface area (Å²) in [5.41, 5.74) is 2.96. The van der Waals surface area contributed by atoms with E-state index in [0.29, 0.717) is 23.3 Å². The second-order valence-electron chi connectivity index (χ2n) is 6.78. The van der Waals surface area contributed by atoms with Crippen LogP contribution in [0.15, 0.2) is 78.9 Å². The number of ether oxygens (including phenoxy) is 1. The summed E-state index contributed by atoms with van der Waals surface area (Å²) in [7, 11) is 0. The third-order valence-electron chi connectivity index (χ3n) is 4.83. The van der Waals surface area contributed by atoms with Gasteiger partial charge in [-0.25, -0.2) is 0 Å². The van der Waals surface area contributed by atoms with Gasteiger partial charge in [0.05, 0.1) is 11.1 Å². The highest BCUT2D eigenvalue weighted by molar-refractivity contribution is 6.21. The highest BCUT2D eigenvalue weighted by Crippen LogP contribution is 2.24. The van der Waals surface area contributed by atoms with Gasteiger partial charge in [-0.05, 0) is 41.8 Å². The molecule has 5 nitrogen and oxygen atoms in total. The van der Waals surface area contributed by atoms with Gasteiger partial charge < -0.3 is 4.74 Å². The van der Waals surface area contributed by atoms with E-state index in [2.05, 4.69) is 0 Å². The molecule has 0 radical (unpaired) electrons. The monoisotopic (exact) mass is 385 g/mol. The summed E-state index contributed by atoms with van der Waals surface area (Å²) in [6, 6.07) is 24.0. The number of imide groups is 1. The van der Waals surface area contributed by atoms with Crippen LogP contribution in [0, 0.1) is 0 Å². The number of rotatable bonds is 6. The van der Waals surface area contributed by atoms with Crippen LogP contribution in [0.1, 0.15) is 33.6 Å². The number of carbonyl (C=O) groups excluding carboxylic acids is 3. The highest BCUT2D eigenvalue weighted by Gasteiger charge is 2.34. The molecule has 0 atom stereocenters. The molecular weight excluding hydrogens is 366 g/mol. The average Bonchev–Trinajstić information content (AvgIpc) is 3.00. The van der Waals surface area contributed by atoms with Crippen LogP contribution in [0.25, 0.3) is 11.1 Å². The fourth-order valence-corrected chi connectivity index (χ4v) is 3.35. The molecule has 1 heterocycles. The Hall–Kier alpha value is -3.73. The Kier molecular flexibility index (Phi) is 5.20. The first-order chi connectivity index (χ1) is 14.1. The van der Waals surface area contributed by atoms with Crippen molar-refractivity contribution >= 4 is 17.8 Å². The molecular formula is C24H19NO4. The number of nitrogens with zero attached hydrogens (tertiary/aromatic N) is 1. The average molecular weight is 385 g/mol. The summed E-state index contributed by atoms with van der Waals surface area (Å²) in [5.74, 6) is -0.546. The normalized spacial score (nSPS) is 12.8. The van der Waals surface area contributed by atoms with Gasteiger partial charge in [-0.1, -0.05) is 54.6 Å². The lowest BCUT2D eigenvalue weighted by atomic mass is 10.1. The summed E-state index contributed by atoms with van der Waals surface area (Å²) < 4.78 is 5.36. The van der Waals surface area contributed by atoms with E-state index in [4.69, 9.17) is 4.74 Å². The predicted molar refractivity (Wildman–Crippen MR) is 109 cm³/mol. The number of benzene rings is 3. The van der Waals surface area contributed by atoms with Gasteiger partial charge in [0, 0.05) is 13.0 Å². The molecule has 0 aromatic heterocycles. The second kappa shape index (κ2) is 8.10. The van der Waals surface area contributed by atoms with Gasteiger partial charge >= 0.3 is 5.97 Å². The van der Waals surface area contributed by atoms with E-state index < -0.39 is 5.97 Å². The summed E-state index contributed by atoms with van der Waals surface area (Å²) in [5, 5.41) is 0. The number of carbonyl (C=O) groups is 3. The maximum atomic E-state index is 12.3. The van der Waals surface area contributed by atoms with Crippen LogP contribution in [0.5, 0.6) is 5.75 Å². The summed E-state index contributed by atoms with van der Waals surface area (Å²) >= 11 is 0. The van der Waals surface area contributed by atoms with Gasteiger partial charge in [0.1, 0.15) is 5.75 Å². The number of amides is 2. The molecule has 0 saturated heterocycles. The molecule has 0 bridgehead atoms. The molecule has 1 aliphatic heterocycles. The lowest BCUT2D eigenvalue weighted by molar-refractivity contribution is -0.134. The number of esters is 1. The summed E-state index contributed by atoms with van der Waals surface area (Å²) in [4.78, 5) is 37.9. The number of hydrogen-bond acceptors (Lipinski definition) is 4. The standard InChI is InChI=1S/C24H19NO4/c26-22(29-19-14-12-18(13-15-19)17-7-2-1-3-8-17)11-6-16-25-23(27)20-9-4-5-10-21(20)24(25)28/h1-5,7-10,12-15H,6,11,16H2. The maximum absolute atomic E-state index is 12.3. The molecule has 144 valence electrons. The zero-order valence-electron chi connectivity index (χ0n) is 15.7. The quantitative estimate of drug-likeness (QED) is 0.360. The molecule has 1 aliphatic rings. The minimum atomic E-state index is -0.394. The van der Waals surface area contributed by atoms with E-state index in [9.17, 15) is 14.4 Å². The molecule has 0 fully saturated rings. The molecule has 5 heteroatoms. The van der Waals surface area contributed by atoms with Crippen molar-refractivity contribution in [1.82, 2.24) is 4.90 Å². The van der Waals surface area contributed by atoms with Gasteiger partial charge in [0.15, 0.2) is 0 Å². The molecule has 2 amide bonds. The SMILES string of the molecule is O=C(CCCN1C(=O)c2ccccc2C1=O)Oc1ccc(-c2ccccc2)cc1. The van der Waals surface area contributed by atoms with Gasteiger partial charge in [-0.2, -0.15) is 0 Å².